The summed E-state index contributed by atoms with van der Waals surface area (Å²) in [4.78, 5) is 10.2. The van der Waals surface area contributed by atoms with E-state index in [9.17, 15) is 4.79 Å². The Kier molecular flexibility index (Phi) is 3.33. The van der Waals surface area contributed by atoms with E-state index in [4.69, 9.17) is 16.9 Å². The minimum absolute atomic E-state index is 0.0590. The average Bonchev–Trinajstić information content (AvgIpc) is 2.16. The molecule has 1 saturated carbocycles. The number of alkyl halides is 1. The lowest BCUT2D eigenvalue weighted by molar-refractivity contribution is -0.131. The molecule has 0 radical (unpaired) electrons. The molecule has 0 amide bonds. The third-order valence-electron chi connectivity index (χ3n) is 2.62. The third-order valence-corrected chi connectivity index (χ3v) is 3.05. The van der Waals surface area contributed by atoms with Gasteiger partial charge in [-0.25, -0.2) is 0 Å². The van der Waals surface area contributed by atoms with Crippen molar-refractivity contribution in [3.63, 3.8) is 0 Å². The largest absolute Gasteiger partial charge is 0.296 e. The van der Waals surface area contributed by atoms with Gasteiger partial charge in [-0.05, 0) is 12.8 Å². The quantitative estimate of drug-likeness (QED) is 0.516. The average molecular weight is 200 g/mol. The van der Waals surface area contributed by atoms with Crippen LogP contribution in [0.3, 0.4) is 0 Å². The monoisotopic (exact) mass is 199 g/mol. The van der Waals surface area contributed by atoms with Crippen molar-refractivity contribution in [3.05, 3.63) is 0 Å². The van der Waals surface area contributed by atoms with E-state index in [-0.39, 0.29) is 11.7 Å². The minimum atomic E-state index is -1.17. The molecule has 3 heteroatoms. The molecule has 0 saturated heterocycles. The van der Waals surface area contributed by atoms with E-state index in [1.54, 1.807) is 0 Å². The first-order chi connectivity index (χ1) is 6.14. The fraction of sp³-hybridized carbons (Fsp3) is 0.800. The van der Waals surface area contributed by atoms with Gasteiger partial charge in [0.2, 0.25) is 0 Å². The van der Waals surface area contributed by atoms with E-state index < -0.39 is 4.87 Å². The maximum atomic E-state index is 11.4. The van der Waals surface area contributed by atoms with Crippen molar-refractivity contribution >= 4 is 17.4 Å². The minimum Gasteiger partial charge on any atom is -0.296 e. The summed E-state index contributed by atoms with van der Waals surface area (Å²) in [5, 5.41) is 8.60. The molecule has 0 N–H and O–H groups in total. The second-order valence-corrected chi connectivity index (χ2v) is 4.32. The number of hydrogen-bond donors (Lipinski definition) is 0. The van der Waals surface area contributed by atoms with Crippen LogP contribution in [0, 0.1) is 17.2 Å². The molecule has 0 bridgehead atoms. The Morgan fingerprint density at radius 1 is 1.69 bits per heavy atom. The summed E-state index contributed by atoms with van der Waals surface area (Å²) in [5.74, 6) is -0.00327. The van der Waals surface area contributed by atoms with Crippen LogP contribution >= 0.6 is 11.6 Å². The maximum absolute atomic E-state index is 11.4. The molecule has 0 spiro atoms. The van der Waals surface area contributed by atoms with Gasteiger partial charge in [-0.3, -0.25) is 4.79 Å². The maximum Gasteiger partial charge on any atom is 0.189 e. The molecular formula is C10H14ClNO. The molecule has 0 aromatic carbocycles. The van der Waals surface area contributed by atoms with Crippen molar-refractivity contribution in [1.29, 1.82) is 5.26 Å². The third kappa shape index (κ3) is 2.03. The summed E-state index contributed by atoms with van der Waals surface area (Å²) in [6, 6.07) is 1.86. The van der Waals surface area contributed by atoms with Crippen LogP contribution < -0.4 is 0 Å². The number of nitrogens with zero attached hydrogens (tertiary/aromatic N) is 1. The molecule has 2 nitrogen and oxygen atoms in total. The number of carbonyl (C=O) groups is 1. The Balaban J connectivity index is 2.29. The lowest BCUT2D eigenvalue weighted by Gasteiger charge is -2.35. The van der Waals surface area contributed by atoms with Crippen LogP contribution in [0.4, 0.5) is 0 Å². The normalized spacial score (nSPS) is 32.4. The molecule has 72 valence electrons. The van der Waals surface area contributed by atoms with Gasteiger partial charge in [0.15, 0.2) is 10.7 Å². The first kappa shape index (κ1) is 10.5. The summed E-state index contributed by atoms with van der Waals surface area (Å²) in [5.41, 5.74) is 0. The number of halogens is 1. The van der Waals surface area contributed by atoms with Gasteiger partial charge in [0.1, 0.15) is 0 Å². The van der Waals surface area contributed by atoms with Crippen molar-refractivity contribution in [2.75, 3.05) is 0 Å². The second-order valence-electron chi connectivity index (χ2n) is 3.67. The van der Waals surface area contributed by atoms with Crippen LogP contribution in [0.15, 0.2) is 0 Å². The summed E-state index contributed by atoms with van der Waals surface area (Å²) < 4.78 is 0. The van der Waals surface area contributed by atoms with Gasteiger partial charge >= 0.3 is 0 Å². The Hall–Kier alpha value is -0.550. The van der Waals surface area contributed by atoms with Gasteiger partial charge in [0, 0.05) is 5.92 Å². The molecule has 0 heterocycles. The molecule has 1 rings (SSSR count). The number of ketones is 1. The van der Waals surface area contributed by atoms with E-state index in [0.717, 1.165) is 25.7 Å². The molecule has 2 unspecified atom stereocenters. The highest BCUT2D eigenvalue weighted by Gasteiger charge is 2.52. The van der Waals surface area contributed by atoms with Gasteiger partial charge in [0.25, 0.3) is 0 Å². The predicted octanol–water partition coefficient (Wildman–Crippen LogP) is 2.66. The van der Waals surface area contributed by atoms with Crippen molar-refractivity contribution in [3.8, 4) is 6.07 Å². The van der Waals surface area contributed by atoms with Crippen LogP contribution in [-0.2, 0) is 4.79 Å². The van der Waals surface area contributed by atoms with Gasteiger partial charge in [-0.2, -0.15) is 5.26 Å². The van der Waals surface area contributed by atoms with Crippen molar-refractivity contribution in [2.45, 2.75) is 43.9 Å². The van der Waals surface area contributed by atoms with Crippen LogP contribution in [0.1, 0.15) is 39.0 Å². The SMILES string of the molecule is CCCCCC1CC(Cl)(C#N)C1=O. The predicted molar refractivity (Wildman–Crippen MR) is 51.5 cm³/mol. The highest BCUT2D eigenvalue weighted by Crippen LogP contribution is 2.41. The summed E-state index contributed by atoms with van der Waals surface area (Å²) >= 11 is 5.74. The van der Waals surface area contributed by atoms with Gasteiger partial charge in [0.05, 0.1) is 6.07 Å². The smallest absolute Gasteiger partial charge is 0.189 e. The van der Waals surface area contributed by atoms with E-state index in [2.05, 4.69) is 6.92 Å². The zero-order valence-electron chi connectivity index (χ0n) is 7.85. The molecule has 1 aliphatic rings. The van der Waals surface area contributed by atoms with Crippen LogP contribution in [-0.4, -0.2) is 10.7 Å². The highest BCUT2D eigenvalue weighted by atomic mass is 35.5. The van der Waals surface area contributed by atoms with E-state index >= 15 is 0 Å². The summed E-state index contributed by atoms with van der Waals surface area (Å²) in [7, 11) is 0. The van der Waals surface area contributed by atoms with Crippen molar-refractivity contribution in [1.82, 2.24) is 0 Å². The zero-order valence-corrected chi connectivity index (χ0v) is 8.60. The topological polar surface area (TPSA) is 40.9 Å². The van der Waals surface area contributed by atoms with Crippen LogP contribution in [0.2, 0.25) is 0 Å². The van der Waals surface area contributed by atoms with Gasteiger partial charge in [-0.15, -0.1) is 0 Å². The Labute approximate surface area is 83.9 Å². The van der Waals surface area contributed by atoms with E-state index in [1.165, 1.54) is 0 Å². The van der Waals surface area contributed by atoms with Crippen molar-refractivity contribution in [2.24, 2.45) is 5.92 Å². The molecule has 1 aliphatic carbocycles. The summed E-state index contributed by atoms with van der Waals surface area (Å²) in [6.07, 6.45) is 4.85. The standard InChI is InChI=1S/C10H14ClNO/c1-2-3-4-5-8-6-10(11,7-12)9(8)13/h8H,2-6H2,1H3. The zero-order chi connectivity index (χ0) is 9.90. The van der Waals surface area contributed by atoms with Crippen LogP contribution in [0.5, 0.6) is 0 Å². The van der Waals surface area contributed by atoms with Crippen LogP contribution in [0.25, 0.3) is 0 Å². The van der Waals surface area contributed by atoms with Gasteiger partial charge in [-0.1, -0.05) is 37.8 Å². The van der Waals surface area contributed by atoms with Gasteiger partial charge < -0.3 is 0 Å². The molecule has 1 fully saturated rings. The molecule has 0 aliphatic heterocycles. The fourth-order valence-corrected chi connectivity index (χ4v) is 2.04. The Bertz CT molecular complexity index is 246. The number of rotatable bonds is 4. The molecule has 2 atom stereocenters. The molecule has 0 aromatic heterocycles. The number of unbranched alkanes of at least 4 members (excludes halogenated alkanes) is 2. The molecular weight excluding hydrogens is 186 g/mol. The summed E-state index contributed by atoms with van der Waals surface area (Å²) in [6.45, 7) is 2.13. The number of hydrogen-bond acceptors (Lipinski definition) is 2. The lowest BCUT2D eigenvalue weighted by Crippen LogP contribution is -2.49. The second kappa shape index (κ2) is 4.11. The molecule has 0 aromatic rings. The molecule has 13 heavy (non-hydrogen) atoms. The first-order valence-electron chi connectivity index (χ1n) is 4.78. The lowest BCUT2D eigenvalue weighted by atomic mass is 9.71. The Morgan fingerprint density at radius 2 is 2.38 bits per heavy atom. The number of carbonyl (C=O) groups excluding carboxylic acids is 1. The van der Waals surface area contributed by atoms with E-state index in [0.29, 0.717) is 6.42 Å². The number of nitriles is 1. The van der Waals surface area contributed by atoms with Crippen molar-refractivity contribution < 1.29 is 4.79 Å². The fourth-order valence-electron chi connectivity index (χ4n) is 1.70. The first-order valence-corrected chi connectivity index (χ1v) is 5.16. The Morgan fingerprint density at radius 3 is 2.85 bits per heavy atom. The number of Topliss-reactive ketones (excluding diaryl/α,β-unsaturated/α-hetero) is 1. The highest BCUT2D eigenvalue weighted by molar-refractivity contribution is 6.40. The van der Waals surface area contributed by atoms with E-state index in [1.807, 2.05) is 6.07 Å².